The quantitative estimate of drug-likeness (QED) is 0.152. The summed E-state index contributed by atoms with van der Waals surface area (Å²) >= 11 is 0. The van der Waals surface area contributed by atoms with Crippen LogP contribution in [0.25, 0.3) is 0 Å². The molecule has 10 rings (SSSR count). The Morgan fingerprint density at radius 3 is 2.09 bits per heavy atom. The first-order valence-electron chi connectivity index (χ1n) is 25.4. The molecule has 21 nitrogen and oxygen atoms in total. The fourth-order valence-corrected chi connectivity index (χ4v) is 15.0. The Morgan fingerprint density at radius 2 is 1.45 bits per heavy atom. The summed E-state index contributed by atoms with van der Waals surface area (Å²) in [6.07, 6.45) is -14.4. The van der Waals surface area contributed by atoms with Crippen molar-refractivity contribution in [2.45, 2.75) is 222 Å². The fraction of sp³-hybridized carbons (Fsp3) is 0.938. The van der Waals surface area contributed by atoms with Gasteiger partial charge in [-0.1, -0.05) is 32.9 Å². The summed E-state index contributed by atoms with van der Waals surface area (Å²) in [5.74, 6) is 1.15. The highest BCUT2D eigenvalue weighted by atomic mass is 16.8. The van der Waals surface area contributed by atoms with E-state index in [0.717, 1.165) is 38.7 Å². The second-order valence-electron chi connectivity index (χ2n) is 23.0. The second-order valence-corrected chi connectivity index (χ2v) is 23.0. The summed E-state index contributed by atoms with van der Waals surface area (Å²) < 4.78 is 50.5. The predicted octanol–water partition coefficient (Wildman–Crippen LogP) is -0.420. The number of hydrogen-bond donors (Lipinski definition) is 9. The molecule has 9 N–H and O–H groups in total. The molecule has 0 amide bonds. The van der Waals surface area contributed by atoms with Gasteiger partial charge in [0.1, 0.15) is 72.3 Å². The van der Waals surface area contributed by atoms with Gasteiger partial charge >= 0.3 is 0 Å². The molecule has 0 unspecified atom stereocenters. The van der Waals surface area contributed by atoms with E-state index in [2.05, 4.69) is 38.0 Å². The van der Waals surface area contributed by atoms with Crippen LogP contribution in [0.4, 0.5) is 0 Å². The van der Waals surface area contributed by atoms with Crippen molar-refractivity contribution >= 4 is 5.78 Å². The summed E-state index contributed by atoms with van der Waals surface area (Å²) in [4.78, 5) is 14.5. The lowest BCUT2D eigenvalue weighted by Gasteiger charge is -2.63. The first-order valence-corrected chi connectivity index (χ1v) is 25.4. The average Bonchev–Trinajstić information content (AvgIpc) is 4.00. The Kier molecular flexibility index (Phi) is 13.6. The van der Waals surface area contributed by atoms with Crippen molar-refractivity contribution in [1.29, 1.82) is 0 Å². The molecule has 1 spiro atoms. The van der Waals surface area contributed by atoms with Crippen molar-refractivity contribution < 1.29 is 88.6 Å². The molecule has 0 aromatic carbocycles. The van der Waals surface area contributed by atoms with Gasteiger partial charge in [-0.15, -0.1) is 5.10 Å². The molecule has 4 aliphatic carbocycles. The van der Waals surface area contributed by atoms with Gasteiger partial charge in [0.2, 0.25) is 0 Å². The normalized spacial score (nSPS) is 55.3. The van der Waals surface area contributed by atoms with E-state index in [4.69, 9.17) is 37.9 Å². The van der Waals surface area contributed by atoms with Crippen LogP contribution >= 0.6 is 0 Å². The second kappa shape index (κ2) is 18.5. The summed E-state index contributed by atoms with van der Waals surface area (Å²) in [6.45, 7) is 11.7. The number of fused-ring (bicyclic) bond motifs is 7. The van der Waals surface area contributed by atoms with Gasteiger partial charge in [-0.05, 0) is 87.4 Å². The number of hydrogen-bond acceptors (Lipinski definition) is 20. The topological polar surface area (TPSA) is 304 Å². The maximum absolute atomic E-state index is 14.5. The van der Waals surface area contributed by atoms with Gasteiger partial charge in [0.15, 0.2) is 30.4 Å². The van der Waals surface area contributed by atoms with E-state index in [-0.39, 0.29) is 54.1 Å². The Hall–Kier alpha value is -1.87. The first kappa shape index (κ1) is 50.7. The third-order valence-electron chi connectivity index (χ3n) is 19.2. The van der Waals surface area contributed by atoms with Crippen LogP contribution in [0.3, 0.4) is 0 Å². The van der Waals surface area contributed by atoms with E-state index in [1.807, 2.05) is 0 Å². The van der Waals surface area contributed by atoms with Crippen molar-refractivity contribution in [1.82, 2.24) is 15.0 Å². The van der Waals surface area contributed by atoms with E-state index in [9.17, 15) is 50.8 Å². The summed E-state index contributed by atoms with van der Waals surface area (Å²) in [5.41, 5.74) is -1.87. The van der Waals surface area contributed by atoms with Gasteiger partial charge in [-0.3, -0.25) is 4.79 Å². The van der Waals surface area contributed by atoms with Gasteiger partial charge in [-0.25, -0.2) is 4.68 Å². The van der Waals surface area contributed by atoms with Crippen molar-refractivity contribution in [2.24, 2.45) is 46.3 Å². The Morgan fingerprint density at radius 1 is 0.783 bits per heavy atom. The van der Waals surface area contributed by atoms with Gasteiger partial charge in [0, 0.05) is 30.6 Å². The van der Waals surface area contributed by atoms with Crippen LogP contribution in [0.2, 0.25) is 0 Å². The summed E-state index contributed by atoms with van der Waals surface area (Å²) in [5, 5.41) is 107. The summed E-state index contributed by atoms with van der Waals surface area (Å²) in [7, 11) is 0. The molecule has 5 saturated heterocycles. The SMILES string of the molecule is C[C@@H]1CC[C@@]2(OC1)O[C@H]1C[C@H]3[C@@H]4CC(=O)[C@@]5(O)C[C@H](n6cc(CO[C@@H]7O[C@H](CO)[C@@H](O[C@@H]8O[C@@H](C)[C@H](O)[C@@H](O)[C@H]8O)[C@H](O)[C@H]7O[C@@H]7O[C@@H](C)[C@H](O)[C@@H](O)[C@H]7O)nn6)CC[C@]5(C)[C@H]4CC[C@]3(C)[C@H]1[C@@H]2C. The molecule has 0 radical (unpaired) electrons. The number of aliphatic hydroxyl groups is 9. The van der Waals surface area contributed by atoms with E-state index in [1.54, 1.807) is 10.9 Å². The maximum atomic E-state index is 14.5. The smallest absolute Gasteiger partial charge is 0.187 e. The van der Waals surface area contributed by atoms with E-state index < -0.39 is 116 Å². The van der Waals surface area contributed by atoms with Gasteiger partial charge in [0.05, 0.1) is 50.4 Å². The Labute approximate surface area is 401 Å². The third kappa shape index (κ3) is 8.11. The zero-order valence-corrected chi connectivity index (χ0v) is 40.4. The van der Waals surface area contributed by atoms with Crippen molar-refractivity contribution in [2.75, 3.05) is 13.2 Å². The van der Waals surface area contributed by atoms with Crippen molar-refractivity contribution in [3.05, 3.63) is 11.9 Å². The minimum atomic E-state index is -1.79. The number of ether oxygens (including phenoxy) is 8. The molecular weight excluding hydrogens is 907 g/mol. The van der Waals surface area contributed by atoms with Crippen LogP contribution in [-0.4, -0.2) is 190 Å². The van der Waals surface area contributed by atoms with Crippen LogP contribution in [0, 0.1) is 46.3 Å². The highest BCUT2D eigenvalue weighted by molar-refractivity contribution is 5.89. The van der Waals surface area contributed by atoms with Crippen LogP contribution < -0.4 is 0 Å². The van der Waals surface area contributed by atoms with Crippen molar-refractivity contribution in [3.63, 3.8) is 0 Å². The van der Waals surface area contributed by atoms with Gasteiger partial charge < -0.3 is 83.9 Å². The van der Waals surface area contributed by atoms with Gasteiger partial charge in [0.25, 0.3) is 0 Å². The van der Waals surface area contributed by atoms with Crippen LogP contribution in [0.5, 0.6) is 0 Å². The number of ketones is 1. The minimum absolute atomic E-state index is 0.0165. The van der Waals surface area contributed by atoms with E-state index >= 15 is 0 Å². The largest absolute Gasteiger partial charge is 0.394 e. The minimum Gasteiger partial charge on any atom is -0.394 e. The number of Topliss-reactive ketones (excluding diaryl/α,β-unsaturated/α-hetero) is 1. The zero-order chi connectivity index (χ0) is 49.3. The lowest BCUT2D eigenvalue weighted by atomic mass is 9.42. The molecule has 6 heterocycles. The predicted molar refractivity (Wildman–Crippen MR) is 234 cm³/mol. The third-order valence-corrected chi connectivity index (χ3v) is 19.2. The first-order chi connectivity index (χ1) is 32.6. The highest BCUT2D eigenvalue weighted by Gasteiger charge is 2.72. The molecule has 1 aromatic heterocycles. The van der Waals surface area contributed by atoms with Gasteiger partial charge in [-0.2, -0.15) is 0 Å². The maximum Gasteiger partial charge on any atom is 0.187 e. The monoisotopic (exact) mass is 982 g/mol. The molecule has 21 heteroatoms. The van der Waals surface area contributed by atoms with Crippen molar-refractivity contribution in [3.8, 4) is 0 Å². The Bertz CT molecular complexity index is 2010. The molecule has 69 heavy (non-hydrogen) atoms. The molecule has 5 aliphatic heterocycles. The number of carbonyl (C=O) groups excluding carboxylic acids is 1. The molecule has 0 bridgehead atoms. The Balaban J connectivity index is 0.820. The number of nitrogens with zero attached hydrogens (tertiary/aromatic N) is 3. The van der Waals surface area contributed by atoms with E-state index in [0.29, 0.717) is 42.7 Å². The average molecular weight is 982 g/mol. The number of carbonyl (C=O) groups is 1. The van der Waals surface area contributed by atoms with Crippen LogP contribution in [0.1, 0.15) is 111 Å². The lowest BCUT2D eigenvalue weighted by molar-refractivity contribution is -0.385. The van der Waals surface area contributed by atoms with Crippen LogP contribution in [0.15, 0.2) is 6.20 Å². The summed E-state index contributed by atoms with van der Waals surface area (Å²) in [6, 6.07) is -0.359. The number of aliphatic hydroxyl groups excluding tert-OH is 8. The molecule has 1 aromatic rings. The molecular formula is C48H75N3O18. The fourth-order valence-electron chi connectivity index (χ4n) is 15.0. The molecule has 9 fully saturated rings. The number of rotatable bonds is 9. The van der Waals surface area contributed by atoms with Crippen LogP contribution in [-0.2, 0) is 49.3 Å². The number of aromatic nitrogens is 3. The zero-order valence-electron chi connectivity index (χ0n) is 40.4. The molecule has 9 aliphatic rings. The highest BCUT2D eigenvalue weighted by Crippen LogP contribution is 2.72. The van der Waals surface area contributed by atoms with E-state index in [1.165, 1.54) is 13.8 Å². The lowest BCUT2D eigenvalue weighted by Crippen LogP contribution is -2.66. The molecule has 390 valence electrons. The standard InChI is InChI=1S/C48H75N3O18/c1-20-7-12-48(63-18-20)21(2)32-29(69-48)14-28-26-13-31(53)47(61)15-25(8-11-46(47,6)27(26)9-10-45(28,32)5)51-16-24(49-50-51)19-62-44-41(68-43-38(59)36(57)34(55)23(4)65-43)39(60)40(30(17-52)66-44)67-42-37(58)35(56)33(54)22(3)64-42/h16,20-23,25-30,32-44,52,54-61H,7-15,17-19H2,1-6H3/t20-,21+,22+,23+,25-,26-,27+,28+,29+,30-,32+,33+,34+,35-,36-,37-,38-,39+,40-,41-,42+,43+,44-,45+,46-,47+,48-/m1/s1. The molecule has 4 saturated carbocycles. The molecule has 27 atom stereocenters.